The Kier molecular flexibility index (Phi) is 5.49. The summed E-state index contributed by atoms with van der Waals surface area (Å²) in [6.07, 6.45) is 1.77. The molecular formula is C15H23NO6S. The van der Waals surface area contributed by atoms with Gasteiger partial charge in [-0.2, -0.15) is 0 Å². The number of methoxy groups -OCH3 is 2. The fourth-order valence-corrected chi connectivity index (χ4v) is 4.34. The standard InChI is InChI=1S/C15H23NO6S/c1-4-11-5-6-13(22-11)12(9-20-2)16-23(18,19)10-15(7-8-15)14(17)21-3/h5-6,12,16H,4,7-10H2,1-3H3. The van der Waals surface area contributed by atoms with E-state index in [9.17, 15) is 13.2 Å². The Bertz CT molecular complexity index is 647. The second kappa shape index (κ2) is 7.02. The average molecular weight is 345 g/mol. The minimum atomic E-state index is -3.69. The first-order valence-corrected chi connectivity index (χ1v) is 9.17. The quantitative estimate of drug-likeness (QED) is 0.680. The largest absolute Gasteiger partial charge is 0.469 e. The third-order valence-electron chi connectivity index (χ3n) is 3.97. The van der Waals surface area contributed by atoms with Crippen LogP contribution in [-0.4, -0.2) is 41.0 Å². The van der Waals surface area contributed by atoms with E-state index in [1.807, 2.05) is 13.0 Å². The zero-order chi connectivity index (χ0) is 17.1. The fourth-order valence-electron chi connectivity index (χ4n) is 2.51. The number of esters is 1. The van der Waals surface area contributed by atoms with Crippen LogP contribution in [0, 0.1) is 5.41 Å². The van der Waals surface area contributed by atoms with Crippen molar-refractivity contribution in [1.82, 2.24) is 4.72 Å². The van der Waals surface area contributed by atoms with E-state index in [1.165, 1.54) is 14.2 Å². The maximum Gasteiger partial charge on any atom is 0.312 e. The van der Waals surface area contributed by atoms with Gasteiger partial charge in [-0.05, 0) is 25.0 Å². The highest BCUT2D eigenvalue weighted by Gasteiger charge is 2.54. The average Bonchev–Trinajstić information content (AvgIpc) is 3.11. The third kappa shape index (κ3) is 4.33. The maximum absolute atomic E-state index is 12.4. The molecule has 0 bridgehead atoms. The first-order valence-electron chi connectivity index (χ1n) is 7.52. The first kappa shape index (κ1) is 18.0. The number of rotatable bonds is 9. The van der Waals surface area contributed by atoms with E-state index in [0.29, 0.717) is 18.6 Å². The van der Waals surface area contributed by atoms with Crippen LogP contribution in [-0.2, 0) is 30.7 Å². The van der Waals surface area contributed by atoms with Gasteiger partial charge in [-0.15, -0.1) is 0 Å². The van der Waals surface area contributed by atoms with Crippen LogP contribution in [0.1, 0.15) is 37.3 Å². The minimum absolute atomic E-state index is 0.140. The Labute approximate surface area is 136 Å². The number of furan rings is 1. The molecule has 2 rings (SSSR count). The molecule has 1 unspecified atom stereocenters. The Balaban J connectivity index is 2.10. The van der Waals surface area contributed by atoms with Gasteiger partial charge in [0.2, 0.25) is 10.0 Å². The Morgan fingerprint density at radius 3 is 2.57 bits per heavy atom. The summed E-state index contributed by atoms with van der Waals surface area (Å²) >= 11 is 0. The van der Waals surface area contributed by atoms with Crippen LogP contribution < -0.4 is 4.72 Å². The van der Waals surface area contributed by atoms with Crippen LogP contribution in [0.2, 0.25) is 0 Å². The lowest BCUT2D eigenvalue weighted by Gasteiger charge is -2.18. The Hall–Kier alpha value is -1.38. The fraction of sp³-hybridized carbons (Fsp3) is 0.667. The molecule has 0 aromatic carbocycles. The van der Waals surface area contributed by atoms with E-state index in [1.54, 1.807) is 6.07 Å². The first-order chi connectivity index (χ1) is 10.9. The van der Waals surface area contributed by atoms with Gasteiger partial charge in [0, 0.05) is 13.5 Å². The summed E-state index contributed by atoms with van der Waals surface area (Å²) in [7, 11) is -0.933. The summed E-state index contributed by atoms with van der Waals surface area (Å²) in [6, 6.07) is 2.92. The van der Waals surface area contributed by atoms with Crippen molar-refractivity contribution in [2.75, 3.05) is 26.6 Å². The highest BCUT2D eigenvalue weighted by Crippen LogP contribution is 2.47. The van der Waals surface area contributed by atoms with Gasteiger partial charge >= 0.3 is 5.97 Å². The van der Waals surface area contributed by atoms with Crippen molar-refractivity contribution < 1.29 is 27.1 Å². The zero-order valence-corrected chi connectivity index (χ0v) is 14.4. The molecule has 7 nitrogen and oxygen atoms in total. The van der Waals surface area contributed by atoms with Gasteiger partial charge in [0.15, 0.2) is 0 Å². The van der Waals surface area contributed by atoms with Crippen molar-refractivity contribution in [2.45, 2.75) is 32.2 Å². The summed E-state index contributed by atoms with van der Waals surface area (Å²) in [5.41, 5.74) is -0.907. The number of carbonyl (C=O) groups is 1. The van der Waals surface area contributed by atoms with Crippen LogP contribution in [0.5, 0.6) is 0 Å². The molecule has 1 aliphatic rings. The molecule has 1 aromatic heterocycles. The SMILES string of the molecule is CCc1ccc(C(COC)NS(=O)(=O)CC2(C(=O)OC)CC2)o1. The second-order valence-electron chi connectivity index (χ2n) is 5.81. The highest BCUT2D eigenvalue weighted by molar-refractivity contribution is 7.89. The summed E-state index contributed by atoms with van der Waals surface area (Å²) < 4.78 is 42.8. The van der Waals surface area contributed by atoms with Gasteiger partial charge in [-0.1, -0.05) is 6.92 Å². The molecule has 1 saturated carbocycles. The predicted molar refractivity (Wildman–Crippen MR) is 83.3 cm³/mol. The number of hydrogen-bond acceptors (Lipinski definition) is 6. The summed E-state index contributed by atoms with van der Waals surface area (Å²) in [4.78, 5) is 11.7. The molecule has 0 aliphatic heterocycles. The van der Waals surface area contributed by atoms with Gasteiger partial charge in [-0.3, -0.25) is 4.79 Å². The third-order valence-corrected chi connectivity index (χ3v) is 5.54. The lowest BCUT2D eigenvalue weighted by molar-refractivity contribution is -0.146. The number of nitrogens with one attached hydrogen (secondary N) is 1. The molecule has 0 amide bonds. The summed E-state index contributed by atoms with van der Waals surface area (Å²) in [5, 5.41) is 0. The van der Waals surface area contributed by atoms with E-state index in [-0.39, 0.29) is 12.4 Å². The monoisotopic (exact) mass is 345 g/mol. The molecule has 23 heavy (non-hydrogen) atoms. The van der Waals surface area contributed by atoms with Crippen molar-refractivity contribution in [2.24, 2.45) is 5.41 Å². The molecule has 0 spiro atoms. The van der Waals surface area contributed by atoms with Gasteiger partial charge in [0.1, 0.15) is 17.6 Å². The van der Waals surface area contributed by atoms with Gasteiger partial charge in [-0.25, -0.2) is 13.1 Å². The van der Waals surface area contributed by atoms with E-state index < -0.39 is 27.4 Å². The summed E-state index contributed by atoms with van der Waals surface area (Å²) in [6.45, 7) is 2.09. The number of hydrogen-bond donors (Lipinski definition) is 1. The smallest absolute Gasteiger partial charge is 0.312 e. The number of aryl methyl sites for hydroxylation is 1. The zero-order valence-electron chi connectivity index (χ0n) is 13.6. The van der Waals surface area contributed by atoms with E-state index in [4.69, 9.17) is 13.9 Å². The maximum atomic E-state index is 12.4. The van der Waals surface area contributed by atoms with E-state index in [2.05, 4.69) is 4.72 Å². The molecule has 1 aromatic rings. The molecule has 8 heteroatoms. The molecule has 1 fully saturated rings. The number of carbonyl (C=O) groups excluding carboxylic acids is 1. The summed E-state index contributed by atoms with van der Waals surface area (Å²) in [5.74, 6) is 0.509. The minimum Gasteiger partial charge on any atom is -0.469 e. The lowest BCUT2D eigenvalue weighted by atomic mass is 10.1. The lowest BCUT2D eigenvalue weighted by Crippen LogP contribution is -2.37. The normalized spacial score (nSPS) is 17.7. The van der Waals surface area contributed by atoms with Crippen LogP contribution in [0.4, 0.5) is 0 Å². The van der Waals surface area contributed by atoms with Gasteiger partial charge in [0.25, 0.3) is 0 Å². The van der Waals surface area contributed by atoms with Crippen molar-refractivity contribution in [3.63, 3.8) is 0 Å². The molecular weight excluding hydrogens is 322 g/mol. The molecule has 0 radical (unpaired) electrons. The molecule has 1 atom stereocenters. The van der Waals surface area contributed by atoms with Gasteiger partial charge in [0.05, 0.1) is 24.9 Å². The van der Waals surface area contributed by atoms with E-state index in [0.717, 1.165) is 12.2 Å². The van der Waals surface area contributed by atoms with Crippen molar-refractivity contribution in [3.05, 3.63) is 23.7 Å². The molecule has 1 N–H and O–H groups in total. The van der Waals surface area contributed by atoms with Crippen molar-refractivity contribution in [3.8, 4) is 0 Å². The van der Waals surface area contributed by atoms with Crippen molar-refractivity contribution in [1.29, 1.82) is 0 Å². The van der Waals surface area contributed by atoms with Crippen molar-refractivity contribution >= 4 is 16.0 Å². The number of sulfonamides is 1. The Morgan fingerprint density at radius 2 is 2.09 bits per heavy atom. The van der Waals surface area contributed by atoms with Gasteiger partial charge < -0.3 is 13.9 Å². The topological polar surface area (TPSA) is 94.8 Å². The Morgan fingerprint density at radius 1 is 1.39 bits per heavy atom. The van der Waals surface area contributed by atoms with Crippen LogP contribution in [0.25, 0.3) is 0 Å². The molecule has 130 valence electrons. The molecule has 0 saturated heterocycles. The number of ether oxygens (including phenoxy) is 2. The molecule has 1 aliphatic carbocycles. The predicted octanol–water partition coefficient (Wildman–Crippen LogP) is 1.40. The van der Waals surface area contributed by atoms with E-state index >= 15 is 0 Å². The van der Waals surface area contributed by atoms with Crippen LogP contribution >= 0.6 is 0 Å². The highest BCUT2D eigenvalue weighted by atomic mass is 32.2. The molecule has 1 heterocycles. The second-order valence-corrected chi connectivity index (χ2v) is 7.57. The van der Waals surface area contributed by atoms with Crippen LogP contribution in [0.3, 0.4) is 0 Å². The van der Waals surface area contributed by atoms with Crippen LogP contribution in [0.15, 0.2) is 16.5 Å².